The Morgan fingerprint density at radius 1 is 1.00 bits per heavy atom. The average Bonchev–Trinajstić information content (AvgIpc) is 3.02. The summed E-state index contributed by atoms with van der Waals surface area (Å²) in [4.78, 5) is 4.86. The predicted octanol–water partition coefficient (Wildman–Crippen LogP) is 0.886. The molecule has 3 N–H and O–H groups in total. The van der Waals surface area contributed by atoms with Crippen molar-refractivity contribution in [1.29, 1.82) is 0 Å². The van der Waals surface area contributed by atoms with Crippen molar-refractivity contribution in [2.24, 2.45) is 0 Å². The lowest BCUT2D eigenvalue weighted by Gasteiger charge is -2.24. The standard InChI is InChI=1S/C15H23BN2O2/c19-16(20)13-8-14(11-4-1-2-5-11)18-15(9-13)12-6-3-7-17-10-12/h8-9,11-12,17,19-20H,1-7,10H2. The molecule has 108 valence electrons. The van der Waals surface area contributed by atoms with Crippen LogP contribution in [0.2, 0.25) is 0 Å². The highest BCUT2D eigenvalue weighted by atomic mass is 16.4. The SMILES string of the molecule is OB(O)c1cc(C2CCCC2)nc(C2CCCNC2)c1. The molecule has 2 heterocycles. The molecule has 20 heavy (non-hydrogen) atoms. The number of rotatable bonds is 3. The maximum absolute atomic E-state index is 9.53. The van der Waals surface area contributed by atoms with Crippen LogP contribution in [0.4, 0.5) is 0 Å². The van der Waals surface area contributed by atoms with Crippen LogP contribution in [0.25, 0.3) is 0 Å². The molecule has 2 aliphatic rings. The summed E-state index contributed by atoms with van der Waals surface area (Å²) in [7, 11) is -1.39. The van der Waals surface area contributed by atoms with Gasteiger partial charge in [0.05, 0.1) is 0 Å². The van der Waals surface area contributed by atoms with Gasteiger partial charge in [-0.05, 0) is 49.8 Å². The summed E-state index contributed by atoms with van der Waals surface area (Å²) >= 11 is 0. The van der Waals surface area contributed by atoms with Gasteiger partial charge in [-0.2, -0.15) is 0 Å². The molecule has 0 spiro atoms. The Morgan fingerprint density at radius 3 is 2.25 bits per heavy atom. The smallest absolute Gasteiger partial charge is 0.423 e. The van der Waals surface area contributed by atoms with Crippen LogP contribution in [0, 0.1) is 0 Å². The first-order chi connectivity index (χ1) is 9.74. The Morgan fingerprint density at radius 2 is 1.65 bits per heavy atom. The van der Waals surface area contributed by atoms with E-state index in [2.05, 4.69) is 5.32 Å². The van der Waals surface area contributed by atoms with Crippen molar-refractivity contribution in [3.8, 4) is 0 Å². The molecular formula is C15H23BN2O2. The van der Waals surface area contributed by atoms with E-state index in [9.17, 15) is 10.0 Å². The van der Waals surface area contributed by atoms with Crippen molar-refractivity contribution >= 4 is 12.6 Å². The first-order valence-electron chi connectivity index (χ1n) is 7.82. The van der Waals surface area contributed by atoms with Gasteiger partial charge in [-0.15, -0.1) is 0 Å². The number of hydrogen-bond acceptors (Lipinski definition) is 4. The maximum atomic E-state index is 9.53. The normalized spacial score (nSPS) is 24.0. The van der Waals surface area contributed by atoms with E-state index in [-0.39, 0.29) is 0 Å². The van der Waals surface area contributed by atoms with E-state index < -0.39 is 7.12 Å². The van der Waals surface area contributed by atoms with Crippen LogP contribution in [0.5, 0.6) is 0 Å². The van der Waals surface area contributed by atoms with Crippen molar-refractivity contribution in [2.75, 3.05) is 13.1 Å². The summed E-state index contributed by atoms with van der Waals surface area (Å²) in [6, 6.07) is 3.77. The quantitative estimate of drug-likeness (QED) is 0.716. The first kappa shape index (κ1) is 14.0. The van der Waals surface area contributed by atoms with Gasteiger partial charge in [0.2, 0.25) is 0 Å². The molecule has 1 atom stereocenters. The molecule has 1 aliphatic carbocycles. The fourth-order valence-electron chi connectivity index (χ4n) is 3.49. The lowest BCUT2D eigenvalue weighted by atomic mass is 9.78. The minimum atomic E-state index is -1.39. The van der Waals surface area contributed by atoms with Crippen molar-refractivity contribution in [3.05, 3.63) is 23.5 Å². The molecule has 3 rings (SSSR count). The number of hydrogen-bond donors (Lipinski definition) is 3. The van der Waals surface area contributed by atoms with Gasteiger partial charge in [0, 0.05) is 29.8 Å². The zero-order valence-corrected chi connectivity index (χ0v) is 11.9. The second kappa shape index (κ2) is 6.25. The Labute approximate surface area is 120 Å². The molecule has 0 aromatic carbocycles. The molecular weight excluding hydrogens is 251 g/mol. The van der Waals surface area contributed by atoms with Gasteiger partial charge < -0.3 is 15.4 Å². The van der Waals surface area contributed by atoms with Crippen LogP contribution in [0.3, 0.4) is 0 Å². The fraction of sp³-hybridized carbons (Fsp3) is 0.667. The number of piperidine rings is 1. The molecule has 1 saturated carbocycles. The molecule has 4 nitrogen and oxygen atoms in total. The molecule has 0 radical (unpaired) electrons. The van der Waals surface area contributed by atoms with Crippen molar-refractivity contribution in [3.63, 3.8) is 0 Å². The molecule has 1 unspecified atom stereocenters. The van der Waals surface area contributed by atoms with E-state index in [4.69, 9.17) is 4.98 Å². The minimum absolute atomic E-state index is 0.405. The second-order valence-electron chi connectivity index (χ2n) is 6.15. The number of pyridine rings is 1. The zero-order chi connectivity index (χ0) is 13.9. The van der Waals surface area contributed by atoms with Crippen molar-refractivity contribution in [2.45, 2.75) is 50.4 Å². The number of nitrogens with zero attached hydrogens (tertiary/aromatic N) is 1. The monoisotopic (exact) mass is 274 g/mol. The maximum Gasteiger partial charge on any atom is 0.488 e. The van der Waals surface area contributed by atoms with E-state index in [0.29, 0.717) is 17.3 Å². The molecule has 0 amide bonds. The summed E-state index contributed by atoms with van der Waals surface area (Å²) in [5, 5.41) is 22.5. The summed E-state index contributed by atoms with van der Waals surface area (Å²) in [6.07, 6.45) is 7.18. The first-order valence-corrected chi connectivity index (χ1v) is 7.82. The van der Waals surface area contributed by atoms with Crippen LogP contribution in [0.15, 0.2) is 12.1 Å². The van der Waals surface area contributed by atoms with Crippen LogP contribution in [0.1, 0.15) is 61.7 Å². The van der Waals surface area contributed by atoms with E-state index in [1.807, 2.05) is 12.1 Å². The van der Waals surface area contributed by atoms with Crippen molar-refractivity contribution < 1.29 is 10.0 Å². The van der Waals surface area contributed by atoms with E-state index in [1.54, 1.807) is 0 Å². The Kier molecular flexibility index (Phi) is 4.39. The third kappa shape index (κ3) is 3.05. The lowest BCUT2D eigenvalue weighted by molar-refractivity contribution is 0.424. The van der Waals surface area contributed by atoms with Crippen molar-refractivity contribution in [1.82, 2.24) is 10.3 Å². The van der Waals surface area contributed by atoms with Gasteiger partial charge in [-0.25, -0.2) is 0 Å². The lowest BCUT2D eigenvalue weighted by Crippen LogP contribution is -2.34. The fourth-order valence-corrected chi connectivity index (χ4v) is 3.49. The minimum Gasteiger partial charge on any atom is -0.423 e. The molecule has 1 aromatic rings. The van der Waals surface area contributed by atoms with Gasteiger partial charge >= 0.3 is 7.12 Å². The molecule has 1 aromatic heterocycles. The highest BCUT2D eigenvalue weighted by molar-refractivity contribution is 6.58. The average molecular weight is 274 g/mol. The molecule has 5 heteroatoms. The third-order valence-corrected chi connectivity index (χ3v) is 4.67. The van der Waals surface area contributed by atoms with E-state index in [1.165, 1.54) is 25.7 Å². The van der Waals surface area contributed by atoms with Crippen LogP contribution < -0.4 is 10.8 Å². The van der Waals surface area contributed by atoms with Crippen LogP contribution >= 0.6 is 0 Å². The Hall–Kier alpha value is -0.905. The highest BCUT2D eigenvalue weighted by Crippen LogP contribution is 2.33. The van der Waals surface area contributed by atoms with Gasteiger partial charge in [0.15, 0.2) is 0 Å². The predicted molar refractivity (Wildman–Crippen MR) is 80.1 cm³/mol. The molecule has 0 bridgehead atoms. The Balaban J connectivity index is 1.91. The van der Waals surface area contributed by atoms with Gasteiger partial charge in [-0.3, -0.25) is 4.98 Å². The Bertz CT molecular complexity index is 455. The molecule has 2 fully saturated rings. The summed E-state index contributed by atoms with van der Waals surface area (Å²) < 4.78 is 0. The van der Waals surface area contributed by atoms with Gasteiger partial charge in [0.1, 0.15) is 0 Å². The van der Waals surface area contributed by atoms with Crippen LogP contribution in [-0.2, 0) is 0 Å². The third-order valence-electron chi connectivity index (χ3n) is 4.67. The number of nitrogens with one attached hydrogen (secondary N) is 1. The summed E-state index contributed by atoms with van der Waals surface area (Å²) in [5.74, 6) is 0.909. The molecule has 1 saturated heterocycles. The van der Waals surface area contributed by atoms with E-state index >= 15 is 0 Å². The number of aromatic nitrogens is 1. The topological polar surface area (TPSA) is 65.4 Å². The second-order valence-corrected chi connectivity index (χ2v) is 6.15. The van der Waals surface area contributed by atoms with Gasteiger partial charge in [0.25, 0.3) is 0 Å². The largest absolute Gasteiger partial charge is 0.488 e. The van der Waals surface area contributed by atoms with E-state index in [0.717, 1.165) is 37.3 Å². The summed E-state index contributed by atoms with van der Waals surface area (Å²) in [6.45, 7) is 2.02. The zero-order valence-electron chi connectivity index (χ0n) is 11.9. The molecule has 1 aliphatic heterocycles. The van der Waals surface area contributed by atoms with Crippen LogP contribution in [-0.4, -0.2) is 35.2 Å². The van der Waals surface area contributed by atoms with Gasteiger partial charge in [-0.1, -0.05) is 12.8 Å². The highest BCUT2D eigenvalue weighted by Gasteiger charge is 2.24. The summed E-state index contributed by atoms with van der Waals surface area (Å²) in [5.41, 5.74) is 2.70.